The Morgan fingerprint density at radius 1 is 1.16 bits per heavy atom. The first kappa shape index (κ1) is 13.2. The summed E-state index contributed by atoms with van der Waals surface area (Å²) in [5.74, 6) is 0.861. The lowest BCUT2D eigenvalue weighted by Gasteiger charge is -2.35. The van der Waals surface area contributed by atoms with E-state index in [-0.39, 0.29) is 5.41 Å². The van der Waals surface area contributed by atoms with E-state index < -0.39 is 0 Å². The molecule has 1 heterocycles. The average Bonchev–Trinajstić information content (AvgIpc) is 2.24. The van der Waals surface area contributed by atoms with Gasteiger partial charge in [-0.1, -0.05) is 39.3 Å². The third-order valence-corrected chi connectivity index (χ3v) is 4.97. The maximum absolute atomic E-state index is 2.54. The van der Waals surface area contributed by atoms with Gasteiger partial charge < -0.3 is 4.90 Å². The average molecular weight is 257 g/mol. The lowest BCUT2D eigenvalue weighted by Crippen LogP contribution is -2.29. The van der Waals surface area contributed by atoms with Gasteiger partial charge in [0.1, 0.15) is 0 Å². The van der Waals surface area contributed by atoms with E-state index in [0.717, 1.165) is 12.5 Å². The van der Waals surface area contributed by atoms with Crippen molar-refractivity contribution in [3.05, 3.63) is 34.4 Å². The van der Waals surface area contributed by atoms with E-state index in [1.807, 2.05) is 0 Å². The van der Waals surface area contributed by atoms with Crippen LogP contribution in [-0.4, -0.2) is 18.5 Å². The summed E-state index contributed by atoms with van der Waals surface area (Å²) < 4.78 is 0. The van der Waals surface area contributed by atoms with Crippen LogP contribution in [0.25, 0.3) is 0 Å². The highest BCUT2D eigenvalue weighted by molar-refractivity contribution is 5.45. The Hall–Kier alpha value is -0.820. The Kier molecular flexibility index (Phi) is 3.21. The molecule has 0 atom stereocenters. The van der Waals surface area contributed by atoms with Crippen LogP contribution in [0.4, 0.5) is 0 Å². The van der Waals surface area contributed by atoms with Gasteiger partial charge in [0.25, 0.3) is 0 Å². The zero-order valence-electron chi connectivity index (χ0n) is 12.9. The topological polar surface area (TPSA) is 3.24 Å². The minimum atomic E-state index is 0.267. The molecule has 1 aliphatic carbocycles. The number of benzene rings is 1. The van der Waals surface area contributed by atoms with Crippen LogP contribution in [0.15, 0.2) is 12.1 Å². The molecule has 0 amide bonds. The Morgan fingerprint density at radius 2 is 1.89 bits per heavy atom. The normalized spacial score (nSPS) is 21.1. The van der Waals surface area contributed by atoms with Gasteiger partial charge in [0.15, 0.2) is 0 Å². The van der Waals surface area contributed by atoms with Gasteiger partial charge in [-0.25, -0.2) is 0 Å². The lowest BCUT2D eigenvalue weighted by atomic mass is 9.73. The summed E-state index contributed by atoms with van der Waals surface area (Å²) in [5.41, 5.74) is 6.79. The van der Waals surface area contributed by atoms with Crippen molar-refractivity contribution in [1.82, 2.24) is 4.90 Å². The second-order valence-electron chi connectivity index (χ2n) is 7.57. The smallest absolute Gasteiger partial charge is 0.0233 e. The van der Waals surface area contributed by atoms with Crippen molar-refractivity contribution in [2.24, 2.45) is 0 Å². The van der Waals surface area contributed by atoms with Crippen molar-refractivity contribution in [2.75, 3.05) is 13.6 Å². The van der Waals surface area contributed by atoms with Gasteiger partial charge in [-0.3, -0.25) is 0 Å². The molecule has 1 nitrogen and oxygen atoms in total. The minimum Gasteiger partial charge on any atom is -0.302 e. The molecule has 19 heavy (non-hydrogen) atoms. The van der Waals surface area contributed by atoms with Crippen LogP contribution in [-0.2, 0) is 18.4 Å². The fourth-order valence-electron chi connectivity index (χ4n) is 3.39. The first-order chi connectivity index (χ1) is 8.95. The van der Waals surface area contributed by atoms with E-state index in [0.29, 0.717) is 0 Å². The number of hydrogen-bond acceptors (Lipinski definition) is 1. The molecular weight excluding hydrogens is 230 g/mol. The standard InChI is InChI=1S/C18H27N/c1-18(2,3)15-10-14-12-19(4)9-8-16(14)17(11-15)13-6-5-7-13/h10-11,13H,5-9,12H2,1-4H3. The highest BCUT2D eigenvalue weighted by atomic mass is 15.1. The summed E-state index contributed by atoms with van der Waals surface area (Å²) in [6, 6.07) is 5.02. The van der Waals surface area contributed by atoms with Crippen LogP contribution in [0.5, 0.6) is 0 Å². The molecule has 1 fully saturated rings. The molecule has 2 aliphatic rings. The van der Waals surface area contributed by atoms with E-state index in [4.69, 9.17) is 0 Å². The van der Waals surface area contributed by atoms with Gasteiger partial charge in [-0.05, 0) is 59.9 Å². The number of nitrogens with zero attached hydrogens (tertiary/aromatic N) is 1. The fraction of sp³-hybridized carbons (Fsp3) is 0.667. The molecule has 0 bridgehead atoms. The van der Waals surface area contributed by atoms with Gasteiger partial charge in [-0.2, -0.15) is 0 Å². The molecule has 0 spiro atoms. The number of rotatable bonds is 1. The van der Waals surface area contributed by atoms with Gasteiger partial charge >= 0.3 is 0 Å². The molecule has 0 aromatic heterocycles. The van der Waals surface area contributed by atoms with Crippen molar-refractivity contribution < 1.29 is 0 Å². The Morgan fingerprint density at radius 3 is 2.47 bits per heavy atom. The summed E-state index contributed by atoms with van der Waals surface area (Å²) in [6.45, 7) is 9.38. The third-order valence-electron chi connectivity index (χ3n) is 4.97. The molecule has 1 saturated carbocycles. The van der Waals surface area contributed by atoms with E-state index in [9.17, 15) is 0 Å². The van der Waals surface area contributed by atoms with Crippen LogP contribution in [0.3, 0.4) is 0 Å². The first-order valence-electron chi connectivity index (χ1n) is 7.80. The van der Waals surface area contributed by atoms with Crippen LogP contribution in [0, 0.1) is 0 Å². The SMILES string of the molecule is CN1CCc2c(cc(C(C)(C)C)cc2C2CCC2)C1. The van der Waals surface area contributed by atoms with E-state index in [1.165, 1.54) is 37.8 Å². The van der Waals surface area contributed by atoms with Crippen molar-refractivity contribution in [2.45, 2.75) is 64.3 Å². The summed E-state index contributed by atoms with van der Waals surface area (Å²) in [4.78, 5) is 2.46. The molecule has 1 aromatic carbocycles. The van der Waals surface area contributed by atoms with E-state index >= 15 is 0 Å². The molecule has 1 heteroatoms. The second kappa shape index (κ2) is 4.63. The van der Waals surface area contributed by atoms with Crippen molar-refractivity contribution in [1.29, 1.82) is 0 Å². The molecule has 3 rings (SSSR count). The fourth-order valence-corrected chi connectivity index (χ4v) is 3.39. The van der Waals surface area contributed by atoms with E-state index in [2.05, 4.69) is 44.9 Å². The quantitative estimate of drug-likeness (QED) is 0.727. The zero-order chi connectivity index (χ0) is 13.6. The summed E-state index contributed by atoms with van der Waals surface area (Å²) in [5, 5.41) is 0. The number of hydrogen-bond donors (Lipinski definition) is 0. The Balaban J connectivity index is 2.08. The van der Waals surface area contributed by atoms with Gasteiger partial charge in [0, 0.05) is 13.1 Å². The predicted octanol–water partition coefficient (Wildman–Crippen LogP) is 4.24. The Bertz CT molecular complexity index is 477. The van der Waals surface area contributed by atoms with Gasteiger partial charge in [0.05, 0.1) is 0 Å². The molecule has 1 aliphatic heterocycles. The number of fused-ring (bicyclic) bond motifs is 1. The lowest BCUT2D eigenvalue weighted by molar-refractivity contribution is 0.309. The van der Waals surface area contributed by atoms with Gasteiger partial charge in [0.2, 0.25) is 0 Å². The molecule has 0 radical (unpaired) electrons. The zero-order valence-corrected chi connectivity index (χ0v) is 12.9. The molecule has 1 aromatic rings. The van der Waals surface area contributed by atoms with Crippen LogP contribution in [0.1, 0.15) is 68.2 Å². The number of likely N-dealkylation sites (N-methyl/N-ethyl adjacent to an activating group) is 1. The molecular formula is C18H27N. The highest BCUT2D eigenvalue weighted by Crippen LogP contribution is 2.42. The van der Waals surface area contributed by atoms with Crippen molar-refractivity contribution in [3.8, 4) is 0 Å². The molecule has 0 unspecified atom stereocenters. The van der Waals surface area contributed by atoms with Gasteiger partial charge in [-0.15, -0.1) is 0 Å². The summed E-state index contributed by atoms with van der Waals surface area (Å²) in [6.07, 6.45) is 5.51. The van der Waals surface area contributed by atoms with E-state index in [1.54, 1.807) is 16.7 Å². The van der Waals surface area contributed by atoms with Crippen molar-refractivity contribution >= 4 is 0 Å². The maximum atomic E-state index is 2.54. The second-order valence-corrected chi connectivity index (χ2v) is 7.57. The third kappa shape index (κ3) is 2.45. The molecule has 0 saturated heterocycles. The molecule has 104 valence electrons. The Labute approximate surface area is 118 Å². The predicted molar refractivity (Wildman–Crippen MR) is 81.8 cm³/mol. The van der Waals surface area contributed by atoms with Crippen molar-refractivity contribution in [3.63, 3.8) is 0 Å². The highest BCUT2D eigenvalue weighted by Gasteiger charge is 2.28. The van der Waals surface area contributed by atoms with Crippen LogP contribution < -0.4 is 0 Å². The van der Waals surface area contributed by atoms with Crippen LogP contribution in [0.2, 0.25) is 0 Å². The molecule has 0 N–H and O–H groups in total. The summed E-state index contributed by atoms with van der Waals surface area (Å²) >= 11 is 0. The van der Waals surface area contributed by atoms with Crippen LogP contribution >= 0.6 is 0 Å². The summed E-state index contributed by atoms with van der Waals surface area (Å²) in [7, 11) is 2.25. The maximum Gasteiger partial charge on any atom is 0.0233 e. The monoisotopic (exact) mass is 257 g/mol. The minimum absolute atomic E-state index is 0.267. The first-order valence-corrected chi connectivity index (χ1v) is 7.80. The largest absolute Gasteiger partial charge is 0.302 e.